The van der Waals surface area contributed by atoms with Gasteiger partial charge in [0.15, 0.2) is 0 Å². The molecule has 0 heterocycles. The molecule has 1 atom stereocenters. The van der Waals surface area contributed by atoms with Crippen LogP contribution in [0.25, 0.3) is 0 Å². The summed E-state index contributed by atoms with van der Waals surface area (Å²) in [6.45, 7) is 6.45. The molecule has 0 spiro atoms. The van der Waals surface area contributed by atoms with Crippen molar-refractivity contribution in [1.29, 1.82) is 0 Å². The summed E-state index contributed by atoms with van der Waals surface area (Å²) in [6, 6.07) is 0. The normalized spacial score (nSPS) is 12.4. The molecular weight excluding hydrogens is 256 g/mol. The van der Waals surface area contributed by atoms with Gasteiger partial charge in [0.25, 0.3) is 0 Å². The van der Waals surface area contributed by atoms with Crippen LogP contribution in [0.2, 0.25) is 0 Å². The summed E-state index contributed by atoms with van der Waals surface area (Å²) < 4.78 is 6.97. The van der Waals surface area contributed by atoms with Crippen LogP contribution < -0.4 is 0 Å². The number of nitrogens with zero attached hydrogens (tertiary/aromatic N) is 2. The first-order chi connectivity index (χ1) is 8.02. The first-order valence-corrected chi connectivity index (χ1v) is 7.22. The molecule has 0 aliphatic rings. The van der Waals surface area contributed by atoms with Crippen LogP contribution in [0.3, 0.4) is 0 Å². The zero-order valence-corrected chi connectivity index (χ0v) is 12.1. The number of hydrogen-bond acceptors (Lipinski definition) is 6. The first-order valence-electron chi connectivity index (χ1n) is 5.44. The van der Waals surface area contributed by atoms with Gasteiger partial charge in [0.1, 0.15) is 0 Å². The molecule has 0 saturated heterocycles. The molecule has 0 radical (unpaired) electrons. The SMILES string of the molecule is CC(CC(C)(C)CCCSN=C=O)SN=C=O. The number of carbonyl (C=O) groups excluding carboxylic acids is 2. The van der Waals surface area contributed by atoms with Crippen LogP contribution in [0.5, 0.6) is 0 Å². The predicted molar refractivity (Wildman–Crippen MR) is 73.4 cm³/mol. The second-order valence-corrected chi connectivity index (χ2v) is 6.63. The van der Waals surface area contributed by atoms with E-state index < -0.39 is 0 Å². The molecule has 17 heavy (non-hydrogen) atoms. The van der Waals surface area contributed by atoms with Crippen LogP contribution in [-0.4, -0.2) is 23.2 Å². The van der Waals surface area contributed by atoms with Crippen molar-refractivity contribution >= 4 is 36.1 Å². The largest absolute Gasteiger partial charge is 0.247 e. The maximum Gasteiger partial charge on any atom is 0.247 e. The Balaban J connectivity index is 3.84. The molecule has 0 aromatic rings. The average Bonchev–Trinajstić information content (AvgIpc) is 2.25. The van der Waals surface area contributed by atoms with E-state index in [1.54, 1.807) is 0 Å². The molecular formula is C11H18N2O2S2. The molecule has 0 aromatic heterocycles. The lowest BCUT2D eigenvalue weighted by Gasteiger charge is -2.26. The Morgan fingerprint density at radius 2 is 1.88 bits per heavy atom. The van der Waals surface area contributed by atoms with Gasteiger partial charge in [-0.15, -0.1) is 8.80 Å². The van der Waals surface area contributed by atoms with Crippen LogP contribution in [0.1, 0.15) is 40.0 Å². The zero-order chi connectivity index (χ0) is 13.1. The Hall–Kier alpha value is -0.540. The van der Waals surface area contributed by atoms with Gasteiger partial charge in [-0.25, -0.2) is 9.59 Å². The van der Waals surface area contributed by atoms with Crippen molar-refractivity contribution in [3.8, 4) is 0 Å². The molecule has 6 heteroatoms. The summed E-state index contributed by atoms with van der Waals surface area (Å²) in [5.41, 5.74) is 0.205. The minimum Gasteiger partial charge on any atom is -0.210 e. The van der Waals surface area contributed by atoms with Crippen molar-refractivity contribution in [1.82, 2.24) is 0 Å². The lowest BCUT2D eigenvalue weighted by atomic mass is 9.83. The molecule has 0 aromatic carbocycles. The van der Waals surface area contributed by atoms with E-state index in [9.17, 15) is 9.59 Å². The van der Waals surface area contributed by atoms with Gasteiger partial charge >= 0.3 is 0 Å². The van der Waals surface area contributed by atoms with Crippen LogP contribution in [0.4, 0.5) is 0 Å². The van der Waals surface area contributed by atoms with E-state index in [-0.39, 0.29) is 5.41 Å². The zero-order valence-electron chi connectivity index (χ0n) is 10.4. The summed E-state index contributed by atoms with van der Waals surface area (Å²) in [5, 5.41) is 0.312. The molecule has 0 fully saturated rings. The van der Waals surface area contributed by atoms with Crippen molar-refractivity contribution in [2.24, 2.45) is 14.2 Å². The molecule has 0 N–H and O–H groups in total. The van der Waals surface area contributed by atoms with Gasteiger partial charge in [-0.3, -0.25) is 0 Å². The molecule has 96 valence electrons. The van der Waals surface area contributed by atoms with E-state index in [0.717, 1.165) is 25.0 Å². The fourth-order valence-electron chi connectivity index (χ4n) is 1.72. The van der Waals surface area contributed by atoms with E-state index in [2.05, 4.69) is 29.6 Å². The molecule has 1 unspecified atom stereocenters. The van der Waals surface area contributed by atoms with Crippen LogP contribution >= 0.6 is 23.9 Å². The maximum atomic E-state index is 9.99. The summed E-state index contributed by atoms with van der Waals surface area (Å²) >= 11 is 2.53. The minimum atomic E-state index is 0.205. The summed E-state index contributed by atoms with van der Waals surface area (Å²) in [4.78, 5) is 19.8. The van der Waals surface area contributed by atoms with Crippen molar-refractivity contribution in [3.63, 3.8) is 0 Å². The summed E-state index contributed by atoms with van der Waals surface area (Å²) in [5.74, 6) is 0.840. The second kappa shape index (κ2) is 9.49. The predicted octanol–water partition coefficient (Wildman–Crippen LogP) is 3.54. The van der Waals surface area contributed by atoms with Crippen molar-refractivity contribution in [3.05, 3.63) is 0 Å². The van der Waals surface area contributed by atoms with E-state index in [1.807, 2.05) is 0 Å². The lowest BCUT2D eigenvalue weighted by molar-refractivity contribution is 0.306. The molecule has 0 aliphatic heterocycles. The first kappa shape index (κ1) is 16.5. The Labute approximate surface area is 111 Å². The monoisotopic (exact) mass is 274 g/mol. The molecule has 0 amide bonds. The van der Waals surface area contributed by atoms with Crippen molar-refractivity contribution in [2.45, 2.75) is 45.3 Å². The van der Waals surface area contributed by atoms with Gasteiger partial charge in [0.05, 0.1) is 0 Å². The van der Waals surface area contributed by atoms with Gasteiger partial charge in [-0.1, -0.05) is 20.8 Å². The Morgan fingerprint density at radius 1 is 1.24 bits per heavy atom. The van der Waals surface area contributed by atoms with Gasteiger partial charge in [-0.05, 0) is 48.6 Å². The third-order valence-electron chi connectivity index (χ3n) is 2.30. The highest BCUT2D eigenvalue weighted by atomic mass is 32.2. The molecule has 0 saturated carbocycles. The van der Waals surface area contributed by atoms with Gasteiger partial charge in [-0.2, -0.15) is 0 Å². The fourth-order valence-corrected chi connectivity index (χ4v) is 2.88. The standard InChI is InChI=1S/C11H18N2O2S2/c1-10(17-13-9-15)7-11(2,3)5-4-6-16-12-8-14/h10H,4-7H2,1-3H3. The highest BCUT2D eigenvalue weighted by Gasteiger charge is 2.21. The maximum absolute atomic E-state index is 9.99. The number of isocyanates is 2. The molecule has 4 nitrogen and oxygen atoms in total. The van der Waals surface area contributed by atoms with E-state index in [4.69, 9.17) is 0 Å². The quantitative estimate of drug-likeness (QED) is 0.279. The van der Waals surface area contributed by atoms with Gasteiger partial charge in [0, 0.05) is 11.0 Å². The van der Waals surface area contributed by atoms with Crippen molar-refractivity contribution in [2.75, 3.05) is 5.75 Å². The second-order valence-electron chi connectivity index (χ2n) is 4.59. The van der Waals surface area contributed by atoms with Gasteiger partial charge < -0.3 is 0 Å². The highest BCUT2D eigenvalue weighted by Crippen LogP contribution is 2.33. The molecule has 0 aliphatic carbocycles. The van der Waals surface area contributed by atoms with Crippen LogP contribution in [-0.2, 0) is 9.59 Å². The topological polar surface area (TPSA) is 58.9 Å². The number of hydrogen-bond donors (Lipinski definition) is 0. The third kappa shape index (κ3) is 10.3. The van der Waals surface area contributed by atoms with E-state index in [0.29, 0.717) is 5.25 Å². The summed E-state index contributed by atoms with van der Waals surface area (Å²) in [6.07, 6.45) is 6.10. The Morgan fingerprint density at radius 3 is 2.47 bits per heavy atom. The minimum absolute atomic E-state index is 0.205. The third-order valence-corrected chi connectivity index (χ3v) is 3.68. The molecule has 0 rings (SSSR count). The Kier molecular flexibility index (Phi) is 9.18. The number of rotatable bonds is 9. The lowest BCUT2D eigenvalue weighted by Crippen LogP contribution is -2.16. The van der Waals surface area contributed by atoms with Crippen LogP contribution in [0.15, 0.2) is 8.80 Å². The highest BCUT2D eigenvalue weighted by molar-refractivity contribution is 7.98. The van der Waals surface area contributed by atoms with E-state index >= 15 is 0 Å². The van der Waals surface area contributed by atoms with Crippen LogP contribution in [0, 0.1) is 5.41 Å². The van der Waals surface area contributed by atoms with E-state index in [1.165, 1.54) is 36.1 Å². The molecule has 0 bridgehead atoms. The fraction of sp³-hybridized carbons (Fsp3) is 0.818. The smallest absolute Gasteiger partial charge is 0.210 e. The average molecular weight is 274 g/mol. The van der Waals surface area contributed by atoms with Gasteiger partial charge in [0.2, 0.25) is 12.2 Å². The summed E-state index contributed by atoms with van der Waals surface area (Å²) in [7, 11) is 0. The van der Waals surface area contributed by atoms with Crippen molar-refractivity contribution < 1.29 is 9.59 Å². The Bertz CT molecular complexity index is 309.